The van der Waals surface area contributed by atoms with Gasteiger partial charge in [-0.15, -0.1) is 12.4 Å². The minimum absolute atomic E-state index is 0. The second-order valence-electron chi connectivity index (χ2n) is 4.92. The zero-order valence-electron chi connectivity index (χ0n) is 11.6. The maximum Gasteiger partial charge on any atom is 0.335 e. The van der Waals surface area contributed by atoms with Crippen molar-refractivity contribution in [3.8, 4) is 5.75 Å². The summed E-state index contributed by atoms with van der Waals surface area (Å²) < 4.78 is 18.7. The van der Waals surface area contributed by atoms with Crippen molar-refractivity contribution in [1.29, 1.82) is 0 Å². The van der Waals surface area contributed by atoms with E-state index in [1.54, 1.807) is 24.3 Å². The van der Waals surface area contributed by atoms with Crippen LogP contribution in [0.2, 0.25) is 0 Å². The zero-order valence-corrected chi connectivity index (χ0v) is 12.4. The summed E-state index contributed by atoms with van der Waals surface area (Å²) in [6.45, 7) is 0.930. The van der Waals surface area contributed by atoms with Gasteiger partial charge in [-0.25, -0.2) is 9.18 Å². The first-order chi connectivity index (χ1) is 10.1. The maximum absolute atomic E-state index is 13.0. The van der Waals surface area contributed by atoms with Gasteiger partial charge in [-0.05, 0) is 29.8 Å². The number of fused-ring (bicyclic) bond motifs is 1. The van der Waals surface area contributed by atoms with Gasteiger partial charge in [-0.3, -0.25) is 0 Å². The van der Waals surface area contributed by atoms with Crippen molar-refractivity contribution in [2.24, 2.45) is 0 Å². The van der Waals surface area contributed by atoms with Crippen LogP contribution in [0.15, 0.2) is 42.5 Å². The molecule has 1 atom stereocenters. The second kappa shape index (κ2) is 6.77. The molecule has 22 heavy (non-hydrogen) atoms. The topological polar surface area (TPSA) is 58.6 Å². The van der Waals surface area contributed by atoms with Crippen LogP contribution in [-0.4, -0.2) is 17.7 Å². The molecule has 1 heterocycles. The first-order valence-corrected chi connectivity index (χ1v) is 6.61. The van der Waals surface area contributed by atoms with Crippen molar-refractivity contribution in [2.45, 2.75) is 12.6 Å². The first kappa shape index (κ1) is 16.3. The monoisotopic (exact) mass is 323 g/mol. The second-order valence-corrected chi connectivity index (χ2v) is 4.92. The highest BCUT2D eigenvalue weighted by Crippen LogP contribution is 2.26. The molecule has 0 fully saturated rings. The van der Waals surface area contributed by atoms with E-state index in [-0.39, 0.29) is 29.8 Å². The molecule has 3 rings (SSSR count). The SMILES string of the molecule is Cl.O=C(O)c1ccc2c(c1)OC[C@H](c1ccc(F)cc1)NC2. The van der Waals surface area contributed by atoms with Crippen molar-refractivity contribution in [3.05, 3.63) is 65.0 Å². The number of ether oxygens (including phenoxy) is 1. The van der Waals surface area contributed by atoms with Crippen molar-refractivity contribution in [2.75, 3.05) is 6.61 Å². The molecule has 0 amide bonds. The van der Waals surface area contributed by atoms with E-state index in [1.165, 1.54) is 18.2 Å². The van der Waals surface area contributed by atoms with Gasteiger partial charge in [0.15, 0.2) is 0 Å². The average Bonchev–Trinajstić information content (AvgIpc) is 2.70. The highest BCUT2D eigenvalue weighted by molar-refractivity contribution is 5.88. The molecule has 6 heteroatoms. The van der Waals surface area contributed by atoms with Crippen LogP contribution >= 0.6 is 12.4 Å². The van der Waals surface area contributed by atoms with Gasteiger partial charge in [-0.1, -0.05) is 18.2 Å². The fourth-order valence-electron chi connectivity index (χ4n) is 2.34. The lowest BCUT2D eigenvalue weighted by Crippen LogP contribution is -2.23. The van der Waals surface area contributed by atoms with E-state index >= 15 is 0 Å². The van der Waals surface area contributed by atoms with Crippen LogP contribution in [0, 0.1) is 5.82 Å². The Hall–Kier alpha value is -2.11. The summed E-state index contributed by atoms with van der Waals surface area (Å²) in [5, 5.41) is 12.3. The number of carbonyl (C=O) groups is 1. The van der Waals surface area contributed by atoms with Crippen molar-refractivity contribution >= 4 is 18.4 Å². The average molecular weight is 324 g/mol. The maximum atomic E-state index is 13.0. The molecule has 0 radical (unpaired) electrons. The van der Waals surface area contributed by atoms with E-state index in [2.05, 4.69) is 5.32 Å². The summed E-state index contributed by atoms with van der Waals surface area (Å²) in [6, 6.07) is 11.0. The van der Waals surface area contributed by atoms with Crippen LogP contribution in [0.3, 0.4) is 0 Å². The van der Waals surface area contributed by atoms with Gasteiger partial charge in [0.1, 0.15) is 18.2 Å². The Labute approximate surface area is 133 Å². The van der Waals surface area contributed by atoms with Crippen molar-refractivity contribution in [3.63, 3.8) is 0 Å². The largest absolute Gasteiger partial charge is 0.491 e. The Morgan fingerprint density at radius 3 is 2.64 bits per heavy atom. The smallest absolute Gasteiger partial charge is 0.335 e. The Kier molecular flexibility index (Phi) is 5.00. The molecule has 2 aromatic rings. The summed E-state index contributed by atoms with van der Waals surface area (Å²) in [6.07, 6.45) is 0. The summed E-state index contributed by atoms with van der Waals surface area (Å²) in [5.74, 6) is -0.677. The summed E-state index contributed by atoms with van der Waals surface area (Å²) in [5.41, 5.74) is 2.04. The summed E-state index contributed by atoms with van der Waals surface area (Å²) in [7, 11) is 0. The molecule has 116 valence electrons. The molecular formula is C16H15ClFNO3. The molecule has 0 saturated carbocycles. The number of nitrogens with one attached hydrogen (secondary N) is 1. The van der Waals surface area contributed by atoms with E-state index in [0.29, 0.717) is 18.9 Å². The number of benzene rings is 2. The first-order valence-electron chi connectivity index (χ1n) is 6.61. The van der Waals surface area contributed by atoms with Crippen LogP contribution in [0.4, 0.5) is 4.39 Å². The third-order valence-electron chi connectivity index (χ3n) is 3.53. The number of hydrogen-bond donors (Lipinski definition) is 2. The van der Waals surface area contributed by atoms with Crippen LogP contribution in [0.1, 0.15) is 27.5 Å². The Bertz CT molecular complexity index is 676. The van der Waals surface area contributed by atoms with Crippen LogP contribution in [-0.2, 0) is 6.54 Å². The molecule has 0 spiro atoms. The molecule has 2 aromatic carbocycles. The molecule has 2 N–H and O–H groups in total. The standard InChI is InChI=1S/C16H14FNO3.ClH/c17-13-5-3-10(4-6-13)14-9-21-15-7-11(16(19)20)1-2-12(15)8-18-14;/h1-7,14,18H,8-9H2,(H,19,20);1H/t14-;/m1./s1. The molecule has 4 nitrogen and oxygen atoms in total. The number of rotatable bonds is 2. The number of aromatic carboxylic acids is 1. The normalized spacial score (nSPS) is 16.7. The van der Waals surface area contributed by atoms with E-state index in [0.717, 1.165) is 11.1 Å². The Balaban J connectivity index is 0.00000176. The Morgan fingerprint density at radius 1 is 1.23 bits per heavy atom. The minimum atomic E-state index is -0.978. The number of carboxylic acid groups (broad SMARTS) is 1. The van der Waals surface area contributed by atoms with Gasteiger partial charge in [-0.2, -0.15) is 0 Å². The summed E-state index contributed by atoms with van der Waals surface area (Å²) in [4.78, 5) is 11.0. The lowest BCUT2D eigenvalue weighted by molar-refractivity contribution is 0.0696. The zero-order chi connectivity index (χ0) is 14.8. The summed E-state index contributed by atoms with van der Waals surface area (Å²) >= 11 is 0. The van der Waals surface area contributed by atoms with Crippen molar-refractivity contribution in [1.82, 2.24) is 5.32 Å². The predicted molar refractivity (Wildman–Crippen MR) is 82.1 cm³/mol. The quantitative estimate of drug-likeness (QED) is 0.891. The molecule has 0 unspecified atom stereocenters. The number of hydrogen-bond acceptors (Lipinski definition) is 3. The highest BCUT2D eigenvalue weighted by Gasteiger charge is 2.19. The molecule has 0 saturated heterocycles. The molecule has 0 bridgehead atoms. The Morgan fingerprint density at radius 2 is 1.95 bits per heavy atom. The lowest BCUT2D eigenvalue weighted by atomic mass is 10.1. The van der Waals surface area contributed by atoms with Gasteiger partial charge in [0.25, 0.3) is 0 Å². The molecule has 1 aliphatic heterocycles. The van der Waals surface area contributed by atoms with E-state index in [9.17, 15) is 9.18 Å². The third kappa shape index (κ3) is 3.37. The van der Waals surface area contributed by atoms with E-state index in [4.69, 9.17) is 9.84 Å². The molecule has 1 aliphatic rings. The number of halogens is 2. The lowest BCUT2D eigenvalue weighted by Gasteiger charge is -2.15. The van der Waals surface area contributed by atoms with Gasteiger partial charge in [0, 0.05) is 12.1 Å². The molecular weight excluding hydrogens is 309 g/mol. The van der Waals surface area contributed by atoms with Gasteiger partial charge in [0.05, 0.1) is 11.6 Å². The van der Waals surface area contributed by atoms with Gasteiger partial charge in [0.2, 0.25) is 0 Å². The fraction of sp³-hybridized carbons (Fsp3) is 0.188. The molecule has 0 aliphatic carbocycles. The highest BCUT2D eigenvalue weighted by atomic mass is 35.5. The molecule has 0 aromatic heterocycles. The van der Waals surface area contributed by atoms with Crippen molar-refractivity contribution < 1.29 is 19.0 Å². The predicted octanol–water partition coefficient (Wildman–Crippen LogP) is 3.17. The van der Waals surface area contributed by atoms with E-state index in [1.807, 2.05) is 0 Å². The third-order valence-corrected chi connectivity index (χ3v) is 3.53. The van der Waals surface area contributed by atoms with Crippen LogP contribution in [0.5, 0.6) is 5.75 Å². The van der Waals surface area contributed by atoms with Gasteiger partial charge < -0.3 is 15.2 Å². The minimum Gasteiger partial charge on any atom is -0.491 e. The van der Waals surface area contributed by atoms with Gasteiger partial charge >= 0.3 is 5.97 Å². The van der Waals surface area contributed by atoms with E-state index < -0.39 is 5.97 Å². The van der Waals surface area contributed by atoms with Crippen LogP contribution < -0.4 is 10.1 Å². The number of carboxylic acids is 1. The van der Waals surface area contributed by atoms with Crippen LogP contribution in [0.25, 0.3) is 0 Å². The fourth-order valence-corrected chi connectivity index (χ4v) is 2.34.